The van der Waals surface area contributed by atoms with Crippen molar-refractivity contribution in [3.8, 4) is 0 Å². The molecule has 0 fully saturated rings. The Labute approximate surface area is 107 Å². The van der Waals surface area contributed by atoms with E-state index < -0.39 is 0 Å². The van der Waals surface area contributed by atoms with Crippen LogP contribution in [-0.4, -0.2) is 16.2 Å². The van der Waals surface area contributed by atoms with E-state index in [1.54, 1.807) is 6.08 Å². The summed E-state index contributed by atoms with van der Waals surface area (Å²) < 4.78 is 0. The molecule has 0 aliphatic carbocycles. The van der Waals surface area contributed by atoms with Crippen molar-refractivity contribution in [2.45, 2.75) is 20.3 Å². The molecule has 0 unspecified atom stereocenters. The Morgan fingerprint density at radius 2 is 2.28 bits per heavy atom. The van der Waals surface area contributed by atoms with Gasteiger partial charge in [0.25, 0.3) is 0 Å². The summed E-state index contributed by atoms with van der Waals surface area (Å²) >= 11 is 0. The highest BCUT2D eigenvalue weighted by molar-refractivity contribution is 5.80. The molecule has 3 nitrogen and oxygen atoms in total. The number of aliphatic imine (C=N–C) groups is 1. The van der Waals surface area contributed by atoms with Gasteiger partial charge < -0.3 is 4.98 Å². The minimum atomic E-state index is 0.801. The molecule has 2 rings (SSSR count). The van der Waals surface area contributed by atoms with Crippen molar-refractivity contribution in [1.29, 1.82) is 0 Å². The van der Waals surface area contributed by atoms with Crippen molar-refractivity contribution >= 4 is 24.1 Å². The van der Waals surface area contributed by atoms with Gasteiger partial charge in [-0.05, 0) is 32.4 Å². The number of aromatic amines is 1. The fourth-order valence-electron chi connectivity index (χ4n) is 1.77. The number of nitrogens with zero attached hydrogens (tertiary/aromatic N) is 2. The highest BCUT2D eigenvalue weighted by Gasteiger charge is 2.05. The topological polar surface area (TPSA) is 41.0 Å². The summed E-state index contributed by atoms with van der Waals surface area (Å²) in [6.07, 6.45) is 12.5. The predicted octanol–water partition coefficient (Wildman–Crippen LogP) is 1.94. The molecule has 0 spiro atoms. The molecule has 1 aliphatic rings. The van der Waals surface area contributed by atoms with Crippen LogP contribution in [0.25, 0.3) is 17.8 Å². The lowest BCUT2D eigenvalue weighted by atomic mass is 10.2. The maximum Gasteiger partial charge on any atom is 0.156 e. The summed E-state index contributed by atoms with van der Waals surface area (Å²) in [4.78, 5) is 12.2. The summed E-state index contributed by atoms with van der Waals surface area (Å²) in [5.41, 5.74) is 2.18. The zero-order valence-electron chi connectivity index (χ0n) is 10.8. The normalized spacial score (nSPS) is 17.4. The molecule has 1 N–H and O–H groups in total. The van der Waals surface area contributed by atoms with E-state index in [9.17, 15) is 0 Å². The van der Waals surface area contributed by atoms with Crippen LogP contribution in [0.15, 0.2) is 35.4 Å². The quantitative estimate of drug-likeness (QED) is 0.842. The van der Waals surface area contributed by atoms with Gasteiger partial charge in [-0.25, -0.2) is 4.98 Å². The van der Waals surface area contributed by atoms with Crippen molar-refractivity contribution in [3.05, 3.63) is 46.9 Å². The first-order valence-corrected chi connectivity index (χ1v) is 6.00. The van der Waals surface area contributed by atoms with Gasteiger partial charge in [-0.1, -0.05) is 30.4 Å². The Balaban J connectivity index is 2.48. The molecule has 0 aromatic carbocycles. The van der Waals surface area contributed by atoms with Crippen LogP contribution in [0.3, 0.4) is 0 Å². The number of allylic oxidation sites excluding steroid dienone is 4. The minimum Gasteiger partial charge on any atom is -0.337 e. The average molecular weight is 239 g/mol. The largest absolute Gasteiger partial charge is 0.337 e. The van der Waals surface area contributed by atoms with E-state index in [4.69, 9.17) is 0 Å². The molecule has 1 aromatic rings. The molecule has 0 saturated carbocycles. The Bertz CT molecular complexity index is 654. The maximum absolute atomic E-state index is 4.54. The lowest BCUT2D eigenvalue weighted by Crippen LogP contribution is -2.23. The summed E-state index contributed by atoms with van der Waals surface area (Å²) in [7, 11) is 0. The van der Waals surface area contributed by atoms with Gasteiger partial charge in [0.1, 0.15) is 5.70 Å². The average Bonchev–Trinajstić information content (AvgIpc) is 2.64. The van der Waals surface area contributed by atoms with E-state index in [0.717, 1.165) is 28.6 Å². The van der Waals surface area contributed by atoms with Crippen LogP contribution in [0.5, 0.6) is 0 Å². The van der Waals surface area contributed by atoms with Gasteiger partial charge in [0.2, 0.25) is 0 Å². The second-order valence-corrected chi connectivity index (χ2v) is 4.16. The van der Waals surface area contributed by atoms with E-state index in [-0.39, 0.29) is 0 Å². The monoisotopic (exact) mass is 239 g/mol. The van der Waals surface area contributed by atoms with Crippen LogP contribution >= 0.6 is 0 Å². The minimum absolute atomic E-state index is 0.801. The zero-order valence-corrected chi connectivity index (χ0v) is 10.8. The molecule has 2 heterocycles. The Morgan fingerprint density at radius 3 is 3.00 bits per heavy atom. The van der Waals surface area contributed by atoms with Crippen LogP contribution in [-0.2, 0) is 0 Å². The summed E-state index contributed by atoms with van der Waals surface area (Å²) in [5.74, 6) is 0.801. The van der Waals surface area contributed by atoms with Gasteiger partial charge in [0, 0.05) is 6.21 Å². The third-order valence-corrected chi connectivity index (χ3v) is 2.75. The number of H-pyrrole nitrogens is 1. The number of nitrogens with one attached hydrogen (secondary N) is 1. The Hall–Kier alpha value is -2.16. The van der Waals surface area contributed by atoms with E-state index in [1.165, 1.54) is 5.57 Å². The summed E-state index contributed by atoms with van der Waals surface area (Å²) in [6, 6.07) is 0. The molecule has 0 bridgehead atoms. The molecule has 1 aliphatic heterocycles. The second kappa shape index (κ2) is 5.45. The number of imidazole rings is 1. The molecule has 92 valence electrons. The van der Waals surface area contributed by atoms with Crippen molar-refractivity contribution in [2.24, 2.45) is 4.99 Å². The molecular formula is C15H17N3. The van der Waals surface area contributed by atoms with Gasteiger partial charge in [-0.15, -0.1) is 0 Å². The fourth-order valence-corrected chi connectivity index (χ4v) is 1.77. The van der Waals surface area contributed by atoms with E-state index in [2.05, 4.69) is 34.5 Å². The lowest BCUT2D eigenvalue weighted by molar-refractivity contribution is 1.17. The molecule has 3 heteroatoms. The first kappa shape index (κ1) is 12.3. The van der Waals surface area contributed by atoms with Crippen LogP contribution in [0.2, 0.25) is 0 Å². The smallest absolute Gasteiger partial charge is 0.156 e. The Morgan fingerprint density at radius 1 is 1.44 bits per heavy atom. The van der Waals surface area contributed by atoms with Crippen LogP contribution < -0.4 is 10.7 Å². The third kappa shape index (κ3) is 2.56. The predicted molar refractivity (Wildman–Crippen MR) is 77.5 cm³/mol. The SMILES string of the molecule is C=CC=c1[nH]c(C2=CCC(C)=CC=N2)nc1=CC. The lowest BCUT2D eigenvalue weighted by Gasteiger charge is -1.94. The molecular weight excluding hydrogens is 222 g/mol. The molecule has 0 atom stereocenters. The van der Waals surface area contributed by atoms with E-state index >= 15 is 0 Å². The maximum atomic E-state index is 4.54. The standard InChI is InChI=1S/C15H17N3/c1-4-6-13-12(5-2)17-15(18-13)14-8-7-11(3)9-10-16-14/h4-6,8-10H,1,7H2,2-3H3,(H,17,18). The van der Waals surface area contributed by atoms with Crippen LogP contribution in [0, 0.1) is 0 Å². The highest BCUT2D eigenvalue weighted by atomic mass is 15.0. The van der Waals surface area contributed by atoms with Gasteiger partial charge in [0.15, 0.2) is 5.82 Å². The molecule has 1 aromatic heterocycles. The number of hydrogen-bond acceptors (Lipinski definition) is 2. The first-order valence-electron chi connectivity index (χ1n) is 6.00. The van der Waals surface area contributed by atoms with Crippen molar-refractivity contribution < 1.29 is 0 Å². The van der Waals surface area contributed by atoms with Crippen LogP contribution in [0.4, 0.5) is 0 Å². The second-order valence-electron chi connectivity index (χ2n) is 4.16. The number of hydrogen-bond donors (Lipinski definition) is 1. The van der Waals surface area contributed by atoms with Crippen molar-refractivity contribution in [2.75, 3.05) is 0 Å². The Kier molecular flexibility index (Phi) is 3.72. The molecule has 0 amide bonds. The molecule has 18 heavy (non-hydrogen) atoms. The summed E-state index contributed by atoms with van der Waals surface area (Å²) in [6.45, 7) is 7.77. The first-order chi connectivity index (χ1) is 8.74. The van der Waals surface area contributed by atoms with Gasteiger partial charge in [-0.2, -0.15) is 0 Å². The van der Waals surface area contributed by atoms with Crippen LogP contribution in [0.1, 0.15) is 26.1 Å². The van der Waals surface area contributed by atoms with E-state index in [0.29, 0.717) is 0 Å². The summed E-state index contributed by atoms with van der Waals surface area (Å²) in [5, 5.41) is 1.89. The van der Waals surface area contributed by atoms with Gasteiger partial charge in [0.05, 0.1) is 10.7 Å². The van der Waals surface area contributed by atoms with Crippen molar-refractivity contribution in [3.63, 3.8) is 0 Å². The fraction of sp³-hybridized carbons (Fsp3) is 0.200. The van der Waals surface area contributed by atoms with Gasteiger partial charge >= 0.3 is 0 Å². The number of rotatable bonds is 2. The van der Waals surface area contributed by atoms with Gasteiger partial charge in [-0.3, -0.25) is 4.99 Å². The van der Waals surface area contributed by atoms with E-state index in [1.807, 2.05) is 31.4 Å². The molecule has 0 saturated heterocycles. The van der Waals surface area contributed by atoms with Crippen molar-refractivity contribution in [1.82, 2.24) is 9.97 Å². The molecule has 0 radical (unpaired) electrons. The third-order valence-electron chi connectivity index (χ3n) is 2.75. The number of aromatic nitrogens is 2. The zero-order chi connectivity index (χ0) is 13.0. The highest BCUT2D eigenvalue weighted by Crippen LogP contribution is 2.15.